The van der Waals surface area contributed by atoms with Crippen LogP contribution in [0.15, 0.2) is 24.3 Å². The molecule has 1 saturated heterocycles. The van der Waals surface area contributed by atoms with Crippen LogP contribution in [0, 0.1) is 0 Å². The van der Waals surface area contributed by atoms with Crippen LogP contribution in [-0.4, -0.2) is 49.3 Å². The fraction of sp³-hybridized carbons (Fsp3) is 0.538. The number of nitrogens with zero attached hydrogens (tertiary/aromatic N) is 2. The van der Waals surface area contributed by atoms with E-state index in [1.807, 2.05) is 12.1 Å². The molecule has 1 fully saturated rings. The van der Waals surface area contributed by atoms with E-state index in [0.29, 0.717) is 6.04 Å². The van der Waals surface area contributed by atoms with Crippen LogP contribution in [0.2, 0.25) is 5.02 Å². The van der Waals surface area contributed by atoms with Crippen LogP contribution in [0.25, 0.3) is 0 Å². The van der Waals surface area contributed by atoms with Crippen molar-refractivity contribution in [2.45, 2.75) is 12.5 Å². The van der Waals surface area contributed by atoms with E-state index >= 15 is 0 Å². The number of halogens is 1. The van der Waals surface area contributed by atoms with Crippen molar-refractivity contribution >= 4 is 17.3 Å². The van der Waals surface area contributed by atoms with Gasteiger partial charge in [0.25, 0.3) is 0 Å². The molecule has 1 aliphatic heterocycles. The standard InChI is InChI=1S/C13H19ClN2O/c1-15-7-8-16(10-13(15)6-9-17)12-4-2-11(14)3-5-12/h2-5,13,17H,6-10H2,1H3. The largest absolute Gasteiger partial charge is 0.396 e. The summed E-state index contributed by atoms with van der Waals surface area (Å²) in [5.41, 5.74) is 1.21. The fourth-order valence-corrected chi connectivity index (χ4v) is 2.42. The molecule has 1 aromatic carbocycles. The van der Waals surface area contributed by atoms with E-state index in [9.17, 15) is 0 Å². The molecule has 0 aromatic heterocycles. The zero-order valence-electron chi connectivity index (χ0n) is 10.1. The molecule has 2 rings (SSSR count). The number of aliphatic hydroxyl groups is 1. The van der Waals surface area contributed by atoms with Gasteiger partial charge in [-0.2, -0.15) is 0 Å². The number of benzene rings is 1. The van der Waals surface area contributed by atoms with Gasteiger partial charge in [-0.3, -0.25) is 4.90 Å². The van der Waals surface area contributed by atoms with Crippen LogP contribution in [0.5, 0.6) is 0 Å². The van der Waals surface area contributed by atoms with Crippen molar-refractivity contribution in [1.82, 2.24) is 4.90 Å². The number of hydrogen-bond acceptors (Lipinski definition) is 3. The van der Waals surface area contributed by atoms with E-state index in [1.165, 1.54) is 5.69 Å². The monoisotopic (exact) mass is 254 g/mol. The van der Waals surface area contributed by atoms with Gasteiger partial charge in [0.15, 0.2) is 0 Å². The number of piperazine rings is 1. The van der Waals surface area contributed by atoms with E-state index in [4.69, 9.17) is 16.7 Å². The molecule has 94 valence electrons. The number of aliphatic hydroxyl groups excluding tert-OH is 1. The average molecular weight is 255 g/mol. The number of rotatable bonds is 3. The maximum atomic E-state index is 9.07. The van der Waals surface area contributed by atoms with Crippen LogP contribution in [0.3, 0.4) is 0 Å². The molecular formula is C13H19ClN2O. The first-order chi connectivity index (χ1) is 8.20. The Morgan fingerprint density at radius 3 is 2.65 bits per heavy atom. The highest BCUT2D eigenvalue weighted by Crippen LogP contribution is 2.21. The highest BCUT2D eigenvalue weighted by Gasteiger charge is 2.23. The molecule has 4 heteroatoms. The minimum absolute atomic E-state index is 0.253. The van der Waals surface area contributed by atoms with Gasteiger partial charge < -0.3 is 10.0 Å². The third-order valence-corrected chi connectivity index (χ3v) is 3.68. The van der Waals surface area contributed by atoms with Crippen molar-refractivity contribution in [2.75, 3.05) is 38.2 Å². The van der Waals surface area contributed by atoms with Crippen LogP contribution in [0.1, 0.15) is 6.42 Å². The normalized spacial score (nSPS) is 21.8. The number of anilines is 1. The Morgan fingerprint density at radius 2 is 2.00 bits per heavy atom. The summed E-state index contributed by atoms with van der Waals surface area (Å²) in [4.78, 5) is 4.68. The van der Waals surface area contributed by atoms with Crippen LogP contribution >= 0.6 is 11.6 Å². The maximum Gasteiger partial charge on any atom is 0.0446 e. The third kappa shape index (κ3) is 3.12. The van der Waals surface area contributed by atoms with E-state index in [2.05, 4.69) is 29.0 Å². The summed E-state index contributed by atoms with van der Waals surface area (Å²) in [5.74, 6) is 0. The second-order valence-electron chi connectivity index (χ2n) is 4.57. The van der Waals surface area contributed by atoms with Crippen molar-refractivity contribution in [1.29, 1.82) is 0 Å². The lowest BCUT2D eigenvalue weighted by atomic mass is 10.1. The predicted molar refractivity (Wildman–Crippen MR) is 71.8 cm³/mol. The summed E-state index contributed by atoms with van der Waals surface area (Å²) in [7, 11) is 2.12. The quantitative estimate of drug-likeness (QED) is 0.892. The number of likely N-dealkylation sites (N-methyl/N-ethyl adjacent to an activating group) is 1. The summed E-state index contributed by atoms with van der Waals surface area (Å²) >= 11 is 5.89. The summed E-state index contributed by atoms with van der Waals surface area (Å²) in [6.07, 6.45) is 0.834. The van der Waals surface area contributed by atoms with E-state index in [-0.39, 0.29) is 6.61 Å². The first kappa shape index (κ1) is 12.7. The molecule has 1 aromatic rings. The molecule has 1 aliphatic rings. The van der Waals surface area contributed by atoms with Gasteiger partial charge in [-0.25, -0.2) is 0 Å². The molecule has 0 saturated carbocycles. The Hall–Kier alpha value is -0.770. The second kappa shape index (κ2) is 5.71. The Morgan fingerprint density at radius 1 is 1.29 bits per heavy atom. The second-order valence-corrected chi connectivity index (χ2v) is 5.01. The Bertz CT molecular complexity index is 355. The van der Waals surface area contributed by atoms with Crippen molar-refractivity contribution in [3.05, 3.63) is 29.3 Å². The molecule has 0 amide bonds. The zero-order chi connectivity index (χ0) is 12.3. The van der Waals surface area contributed by atoms with Gasteiger partial charge in [-0.15, -0.1) is 0 Å². The van der Waals surface area contributed by atoms with Crippen LogP contribution in [-0.2, 0) is 0 Å². The molecule has 0 aliphatic carbocycles. The van der Waals surface area contributed by atoms with Crippen LogP contribution < -0.4 is 4.90 Å². The molecular weight excluding hydrogens is 236 g/mol. The molecule has 3 nitrogen and oxygen atoms in total. The molecule has 1 heterocycles. The van der Waals surface area contributed by atoms with Crippen molar-refractivity contribution in [3.8, 4) is 0 Å². The molecule has 1 unspecified atom stereocenters. The van der Waals surface area contributed by atoms with Gasteiger partial charge in [0, 0.05) is 43.0 Å². The lowest BCUT2D eigenvalue weighted by Crippen LogP contribution is -2.51. The van der Waals surface area contributed by atoms with Gasteiger partial charge in [0.1, 0.15) is 0 Å². The smallest absolute Gasteiger partial charge is 0.0446 e. The van der Waals surface area contributed by atoms with E-state index < -0.39 is 0 Å². The zero-order valence-corrected chi connectivity index (χ0v) is 10.9. The Balaban J connectivity index is 2.04. The van der Waals surface area contributed by atoms with Crippen molar-refractivity contribution in [3.63, 3.8) is 0 Å². The first-order valence-corrected chi connectivity index (χ1v) is 6.40. The van der Waals surface area contributed by atoms with Gasteiger partial charge in [0.05, 0.1) is 0 Å². The molecule has 0 radical (unpaired) electrons. The average Bonchev–Trinajstić information content (AvgIpc) is 2.33. The summed E-state index contributed by atoms with van der Waals surface area (Å²) in [6.45, 7) is 3.29. The number of hydrogen-bond donors (Lipinski definition) is 1. The minimum atomic E-state index is 0.253. The highest BCUT2D eigenvalue weighted by molar-refractivity contribution is 6.30. The van der Waals surface area contributed by atoms with Gasteiger partial charge >= 0.3 is 0 Å². The van der Waals surface area contributed by atoms with E-state index in [1.54, 1.807) is 0 Å². The van der Waals surface area contributed by atoms with E-state index in [0.717, 1.165) is 31.1 Å². The maximum absolute atomic E-state index is 9.07. The molecule has 1 atom stereocenters. The Labute approximate surface area is 108 Å². The fourth-order valence-electron chi connectivity index (χ4n) is 2.29. The van der Waals surface area contributed by atoms with Gasteiger partial charge in [-0.1, -0.05) is 11.6 Å². The molecule has 17 heavy (non-hydrogen) atoms. The van der Waals surface area contributed by atoms with Gasteiger partial charge in [-0.05, 0) is 37.7 Å². The predicted octanol–water partition coefficient (Wildman–Crippen LogP) is 1.84. The molecule has 0 spiro atoms. The van der Waals surface area contributed by atoms with Gasteiger partial charge in [0.2, 0.25) is 0 Å². The topological polar surface area (TPSA) is 26.7 Å². The third-order valence-electron chi connectivity index (χ3n) is 3.43. The summed E-state index contributed by atoms with van der Waals surface area (Å²) in [6, 6.07) is 8.41. The summed E-state index contributed by atoms with van der Waals surface area (Å²) < 4.78 is 0. The SMILES string of the molecule is CN1CCN(c2ccc(Cl)cc2)CC1CCO. The van der Waals surface area contributed by atoms with Crippen LogP contribution in [0.4, 0.5) is 5.69 Å². The Kier molecular flexibility index (Phi) is 4.26. The van der Waals surface area contributed by atoms with Crippen molar-refractivity contribution in [2.24, 2.45) is 0 Å². The summed E-state index contributed by atoms with van der Waals surface area (Å²) in [5, 5.41) is 9.84. The first-order valence-electron chi connectivity index (χ1n) is 6.02. The minimum Gasteiger partial charge on any atom is -0.396 e. The van der Waals surface area contributed by atoms with Crippen molar-refractivity contribution < 1.29 is 5.11 Å². The molecule has 1 N–H and O–H groups in total. The highest BCUT2D eigenvalue weighted by atomic mass is 35.5. The lowest BCUT2D eigenvalue weighted by Gasteiger charge is -2.40. The lowest BCUT2D eigenvalue weighted by molar-refractivity contribution is 0.171. The molecule has 0 bridgehead atoms.